The second-order valence-corrected chi connectivity index (χ2v) is 7.57. The molecule has 112 valence electrons. The molecule has 11 heteroatoms. The second kappa shape index (κ2) is 5.95. The number of benzene rings is 1. The van der Waals surface area contributed by atoms with Gasteiger partial charge < -0.3 is 0 Å². The molecule has 0 unspecified atom stereocenters. The number of nitrogens with zero attached hydrogens (tertiary/aromatic N) is 3. The van der Waals surface area contributed by atoms with Crippen LogP contribution >= 0.6 is 23.1 Å². The summed E-state index contributed by atoms with van der Waals surface area (Å²) >= 11 is 2.43. The minimum absolute atomic E-state index is 0.116. The highest BCUT2D eigenvalue weighted by atomic mass is 32.2. The molecule has 1 N–H and O–H groups in total. The van der Waals surface area contributed by atoms with Gasteiger partial charge >= 0.3 is 0 Å². The molecule has 0 amide bonds. The Bertz CT molecular complexity index is 787. The molecule has 0 radical (unpaired) electrons. The quantitative estimate of drug-likeness (QED) is 0.501. The van der Waals surface area contributed by atoms with Crippen LogP contribution in [0.5, 0.6) is 0 Å². The number of aryl methyl sites for hydroxylation is 1. The average molecular weight is 346 g/mol. The van der Waals surface area contributed by atoms with E-state index < -0.39 is 14.9 Å². The number of nitro groups is 1. The Balaban J connectivity index is 2.39. The van der Waals surface area contributed by atoms with E-state index in [1.807, 2.05) is 0 Å². The Kier molecular flexibility index (Phi) is 4.44. The van der Waals surface area contributed by atoms with Gasteiger partial charge in [-0.2, -0.15) is 0 Å². The molecule has 0 aliphatic carbocycles. The van der Waals surface area contributed by atoms with Crippen LogP contribution in [0, 0.1) is 17.0 Å². The Morgan fingerprint density at radius 2 is 2.10 bits per heavy atom. The fourth-order valence-electron chi connectivity index (χ4n) is 1.50. The van der Waals surface area contributed by atoms with Gasteiger partial charge in [-0.05, 0) is 18.7 Å². The third-order valence-corrected chi connectivity index (χ3v) is 5.90. The van der Waals surface area contributed by atoms with Crippen molar-refractivity contribution in [2.24, 2.45) is 0 Å². The number of nitro benzene ring substituents is 1. The first-order chi connectivity index (χ1) is 9.83. The van der Waals surface area contributed by atoms with Crippen LogP contribution in [0.15, 0.2) is 27.4 Å². The van der Waals surface area contributed by atoms with Gasteiger partial charge in [-0.15, -0.1) is 10.2 Å². The third-order valence-electron chi connectivity index (χ3n) is 2.47. The predicted octanol–water partition coefficient (Wildman–Crippen LogP) is 2.28. The fourth-order valence-corrected chi connectivity index (χ4v) is 4.16. The number of aromatic nitrogens is 2. The molecule has 1 aromatic carbocycles. The van der Waals surface area contributed by atoms with Crippen LogP contribution in [0.3, 0.4) is 0 Å². The van der Waals surface area contributed by atoms with E-state index in [4.69, 9.17) is 0 Å². The van der Waals surface area contributed by atoms with Crippen LogP contribution in [-0.2, 0) is 10.0 Å². The number of non-ortho nitro benzene ring substituents is 1. The molecule has 0 saturated carbocycles. The lowest BCUT2D eigenvalue weighted by Gasteiger charge is -2.07. The maximum atomic E-state index is 12.3. The van der Waals surface area contributed by atoms with Gasteiger partial charge in [0.25, 0.3) is 15.7 Å². The summed E-state index contributed by atoms with van der Waals surface area (Å²) in [4.78, 5) is 9.96. The van der Waals surface area contributed by atoms with Gasteiger partial charge in [0.2, 0.25) is 5.13 Å². The molecular formula is C10H10N4O4S3. The van der Waals surface area contributed by atoms with Crippen molar-refractivity contribution >= 4 is 43.9 Å². The number of thioether (sulfide) groups is 1. The maximum Gasteiger partial charge on any atom is 0.270 e. The van der Waals surface area contributed by atoms with Gasteiger partial charge in [0.15, 0.2) is 4.34 Å². The van der Waals surface area contributed by atoms with Gasteiger partial charge in [0.1, 0.15) is 0 Å². The van der Waals surface area contributed by atoms with Crippen molar-refractivity contribution in [3.63, 3.8) is 0 Å². The zero-order valence-electron chi connectivity index (χ0n) is 10.9. The fraction of sp³-hybridized carbons (Fsp3) is 0.200. The average Bonchev–Trinajstić information content (AvgIpc) is 2.85. The summed E-state index contributed by atoms with van der Waals surface area (Å²) in [6.07, 6.45) is 1.80. The van der Waals surface area contributed by atoms with Crippen LogP contribution in [0.4, 0.5) is 10.8 Å². The first-order valence-corrected chi connectivity index (χ1v) is 9.01. The van der Waals surface area contributed by atoms with E-state index in [-0.39, 0.29) is 15.7 Å². The zero-order valence-corrected chi connectivity index (χ0v) is 13.4. The van der Waals surface area contributed by atoms with Crippen molar-refractivity contribution in [2.45, 2.75) is 16.2 Å². The SMILES string of the molecule is CSc1nnc(NS(=O)(=O)c2cc([N+](=O)[O-])ccc2C)s1. The summed E-state index contributed by atoms with van der Waals surface area (Å²) in [5.74, 6) is 0. The number of anilines is 1. The number of hydrogen-bond acceptors (Lipinski definition) is 8. The second-order valence-electron chi connectivity index (χ2n) is 3.89. The molecule has 1 heterocycles. The molecule has 2 rings (SSSR count). The van der Waals surface area contributed by atoms with E-state index >= 15 is 0 Å². The van der Waals surface area contributed by atoms with Gasteiger partial charge in [0.05, 0.1) is 9.82 Å². The molecule has 0 aliphatic rings. The first kappa shape index (κ1) is 15.7. The normalized spacial score (nSPS) is 11.3. The van der Waals surface area contributed by atoms with Gasteiger partial charge in [-0.1, -0.05) is 29.2 Å². The molecule has 1 aromatic heterocycles. The monoisotopic (exact) mass is 346 g/mol. The maximum absolute atomic E-state index is 12.3. The smallest absolute Gasteiger partial charge is 0.258 e. The molecule has 2 aromatic rings. The largest absolute Gasteiger partial charge is 0.270 e. The number of sulfonamides is 1. The van der Waals surface area contributed by atoms with E-state index in [0.29, 0.717) is 9.90 Å². The summed E-state index contributed by atoms with van der Waals surface area (Å²) in [5.41, 5.74) is 0.116. The molecule has 0 fully saturated rings. The van der Waals surface area contributed by atoms with Crippen molar-refractivity contribution < 1.29 is 13.3 Å². The van der Waals surface area contributed by atoms with E-state index in [9.17, 15) is 18.5 Å². The van der Waals surface area contributed by atoms with Crippen molar-refractivity contribution in [1.82, 2.24) is 10.2 Å². The topological polar surface area (TPSA) is 115 Å². The van der Waals surface area contributed by atoms with Crippen LogP contribution in [0.25, 0.3) is 0 Å². The van der Waals surface area contributed by atoms with E-state index in [2.05, 4.69) is 14.9 Å². The first-order valence-electron chi connectivity index (χ1n) is 5.49. The van der Waals surface area contributed by atoms with Crippen LogP contribution < -0.4 is 4.72 Å². The lowest BCUT2D eigenvalue weighted by molar-refractivity contribution is -0.385. The van der Waals surface area contributed by atoms with Crippen molar-refractivity contribution in [3.8, 4) is 0 Å². The molecule has 21 heavy (non-hydrogen) atoms. The minimum atomic E-state index is -3.95. The summed E-state index contributed by atoms with van der Waals surface area (Å²) in [6, 6.07) is 3.67. The van der Waals surface area contributed by atoms with Crippen molar-refractivity contribution in [2.75, 3.05) is 11.0 Å². The van der Waals surface area contributed by atoms with Gasteiger partial charge in [-0.25, -0.2) is 8.42 Å². The lowest BCUT2D eigenvalue weighted by atomic mass is 10.2. The highest BCUT2D eigenvalue weighted by molar-refractivity contribution is 8.00. The molecule has 0 spiro atoms. The molecule has 0 saturated heterocycles. The van der Waals surface area contributed by atoms with E-state index in [1.54, 1.807) is 13.2 Å². The summed E-state index contributed by atoms with van der Waals surface area (Å²) < 4.78 is 27.5. The molecule has 0 atom stereocenters. The summed E-state index contributed by atoms with van der Waals surface area (Å²) in [6.45, 7) is 1.56. The van der Waals surface area contributed by atoms with Gasteiger partial charge in [0, 0.05) is 12.1 Å². The van der Waals surface area contributed by atoms with Crippen LogP contribution in [0.1, 0.15) is 5.56 Å². The number of nitrogens with one attached hydrogen (secondary N) is 1. The zero-order chi connectivity index (χ0) is 15.6. The molecule has 0 bridgehead atoms. The molecule has 8 nitrogen and oxygen atoms in total. The summed E-state index contributed by atoms with van der Waals surface area (Å²) in [7, 11) is -3.95. The number of rotatable bonds is 5. The highest BCUT2D eigenvalue weighted by Gasteiger charge is 2.22. The van der Waals surface area contributed by atoms with Crippen molar-refractivity contribution in [3.05, 3.63) is 33.9 Å². The number of hydrogen-bond donors (Lipinski definition) is 1. The van der Waals surface area contributed by atoms with Crippen molar-refractivity contribution in [1.29, 1.82) is 0 Å². The predicted molar refractivity (Wildman–Crippen MR) is 80.3 cm³/mol. The molecular weight excluding hydrogens is 336 g/mol. The Morgan fingerprint density at radius 3 is 2.67 bits per heavy atom. The Hall–Kier alpha value is -1.72. The van der Waals surface area contributed by atoms with Crippen LogP contribution in [-0.4, -0.2) is 29.8 Å². The minimum Gasteiger partial charge on any atom is -0.258 e. The van der Waals surface area contributed by atoms with Gasteiger partial charge in [-0.3, -0.25) is 14.8 Å². The molecule has 0 aliphatic heterocycles. The Morgan fingerprint density at radius 1 is 1.38 bits per heavy atom. The third kappa shape index (κ3) is 3.49. The Labute approximate surface area is 128 Å². The lowest BCUT2D eigenvalue weighted by Crippen LogP contribution is -2.14. The summed E-state index contributed by atoms with van der Waals surface area (Å²) in [5, 5.41) is 18.4. The standard InChI is InChI=1S/C10H10N4O4S3/c1-6-3-4-7(14(15)16)5-8(6)21(17,18)13-9-11-12-10(19-2)20-9/h3-5H,1-2H3,(H,11,13). The van der Waals surface area contributed by atoms with E-state index in [1.165, 1.54) is 23.9 Å². The van der Waals surface area contributed by atoms with Crippen LogP contribution in [0.2, 0.25) is 0 Å². The highest BCUT2D eigenvalue weighted by Crippen LogP contribution is 2.27. The van der Waals surface area contributed by atoms with E-state index in [0.717, 1.165) is 17.4 Å².